The molecule has 32 heavy (non-hydrogen) atoms. The molecule has 8 heteroatoms. The van der Waals surface area contributed by atoms with Crippen molar-refractivity contribution in [3.8, 4) is 5.75 Å². The van der Waals surface area contributed by atoms with E-state index in [0.717, 1.165) is 11.3 Å². The molecule has 0 saturated carbocycles. The van der Waals surface area contributed by atoms with Gasteiger partial charge in [-0.05, 0) is 59.7 Å². The molecule has 2 aromatic carbocycles. The van der Waals surface area contributed by atoms with Crippen molar-refractivity contribution in [1.82, 2.24) is 5.32 Å². The van der Waals surface area contributed by atoms with Crippen molar-refractivity contribution in [2.75, 3.05) is 29.2 Å². The third-order valence-electron chi connectivity index (χ3n) is 5.13. The van der Waals surface area contributed by atoms with Crippen LogP contribution in [0.2, 0.25) is 0 Å². The van der Waals surface area contributed by atoms with Gasteiger partial charge in [-0.3, -0.25) is 14.4 Å². The van der Waals surface area contributed by atoms with Gasteiger partial charge in [0.05, 0.1) is 5.69 Å². The molecular formula is C24H29N3O4S. The summed E-state index contributed by atoms with van der Waals surface area (Å²) in [6, 6.07) is 11.8. The minimum atomic E-state index is -0.695. The number of hydrogen-bond acceptors (Lipinski definition) is 5. The summed E-state index contributed by atoms with van der Waals surface area (Å²) in [7, 11) is 0. The van der Waals surface area contributed by atoms with Gasteiger partial charge in [-0.2, -0.15) is 11.8 Å². The Labute approximate surface area is 192 Å². The van der Waals surface area contributed by atoms with Gasteiger partial charge in [-0.1, -0.05) is 32.9 Å². The number of carbonyl (C=O) groups is 3. The predicted molar refractivity (Wildman–Crippen MR) is 129 cm³/mol. The first kappa shape index (κ1) is 23.7. The summed E-state index contributed by atoms with van der Waals surface area (Å²) in [5.41, 5.74) is 2.65. The Morgan fingerprint density at radius 3 is 2.53 bits per heavy atom. The van der Waals surface area contributed by atoms with Gasteiger partial charge in [0, 0.05) is 11.3 Å². The smallest absolute Gasteiger partial charge is 0.262 e. The van der Waals surface area contributed by atoms with Gasteiger partial charge in [0.15, 0.2) is 6.61 Å². The van der Waals surface area contributed by atoms with Crippen molar-refractivity contribution in [3.63, 3.8) is 0 Å². The normalized spacial score (nSPS) is 13.9. The molecule has 0 spiro atoms. The highest BCUT2D eigenvalue weighted by Gasteiger charge is 2.23. The van der Waals surface area contributed by atoms with E-state index in [2.05, 4.69) is 36.7 Å². The minimum Gasteiger partial charge on any atom is -0.482 e. The monoisotopic (exact) mass is 455 g/mol. The molecule has 0 aliphatic carbocycles. The number of nitrogens with one attached hydrogen (secondary N) is 3. The van der Waals surface area contributed by atoms with Crippen molar-refractivity contribution >= 4 is 40.9 Å². The highest BCUT2D eigenvalue weighted by molar-refractivity contribution is 7.98. The quantitative estimate of drug-likeness (QED) is 0.590. The van der Waals surface area contributed by atoms with E-state index in [1.165, 1.54) is 0 Å². The number of hydrogen-bond donors (Lipinski definition) is 3. The van der Waals surface area contributed by atoms with Crippen LogP contribution in [0, 0.1) is 0 Å². The zero-order chi connectivity index (χ0) is 23.3. The summed E-state index contributed by atoms with van der Waals surface area (Å²) in [5.74, 6) is 0.409. The molecule has 2 aromatic rings. The average Bonchev–Trinajstić information content (AvgIpc) is 2.75. The van der Waals surface area contributed by atoms with Crippen LogP contribution in [0.4, 0.5) is 11.4 Å². The van der Waals surface area contributed by atoms with Crippen molar-refractivity contribution in [2.24, 2.45) is 0 Å². The maximum Gasteiger partial charge on any atom is 0.262 e. The van der Waals surface area contributed by atoms with E-state index in [9.17, 15) is 14.4 Å². The Kier molecular flexibility index (Phi) is 7.45. The molecule has 3 amide bonds. The zero-order valence-electron chi connectivity index (χ0n) is 18.8. The molecule has 0 aromatic heterocycles. The Morgan fingerprint density at radius 2 is 1.88 bits per heavy atom. The Bertz CT molecular complexity index is 999. The number of fused-ring (bicyclic) bond motifs is 1. The standard InChI is InChI=1S/C24H29N3O4S/c1-24(2,3)16-7-5-15(6-8-16)22(29)27-18(11-12-32-4)23(30)25-17-9-10-20-19(13-17)26-21(28)14-31-20/h5-10,13,18H,11-12,14H2,1-4H3,(H,25,30)(H,26,28)(H,27,29). The van der Waals surface area contributed by atoms with Crippen molar-refractivity contribution < 1.29 is 19.1 Å². The van der Waals surface area contributed by atoms with Crippen LogP contribution in [0.5, 0.6) is 5.75 Å². The van der Waals surface area contributed by atoms with Crippen LogP contribution in [0.1, 0.15) is 43.1 Å². The molecule has 170 valence electrons. The summed E-state index contributed by atoms with van der Waals surface area (Å²) >= 11 is 1.60. The zero-order valence-corrected chi connectivity index (χ0v) is 19.6. The fourth-order valence-electron chi connectivity index (χ4n) is 3.26. The van der Waals surface area contributed by atoms with E-state index in [1.54, 1.807) is 42.1 Å². The van der Waals surface area contributed by atoms with Gasteiger partial charge >= 0.3 is 0 Å². The van der Waals surface area contributed by atoms with Crippen LogP contribution in [-0.4, -0.2) is 42.4 Å². The molecule has 0 radical (unpaired) electrons. The van der Waals surface area contributed by atoms with E-state index in [4.69, 9.17) is 4.74 Å². The number of carbonyl (C=O) groups excluding carboxylic acids is 3. The first-order chi connectivity index (χ1) is 15.2. The molecule has 3 rings (SSSR count). The third-order valence-corrected chi connectivity index (χ3v) is 5.77. The van der Waals surface area contributed by atoms with Gasteiger partial charge in [-0.15, -0.1) is 0 Å². The highest BCUT2D eigenvalue weighted by atomic mass is 32.2. The molecule has 7 nitrogen and oxygen atoms in total. The molecule has 0 fully saturated rings. The van der Waals surface area contributed by atoms with E-state index in [-0.39, 0.29) is 29.7 Å². The van der Waals surface area contributed by atoms with Crippen molar-refractivity contribution in [3.05, 3.63) is 53.6 Å². The van der Waals surface area contributed by atoms with Crippen LogP contribution in [0.15, 0.2) is 42.5 Å². The summed E-state index contributed by atoms with van der Waals surface area (Å²) in [5, 5.41) is 8.41. The maximum atomic E-state index is 12.9. The molecule has 3 N–H and O–H groups in total. The molecule has 0 saturated heterocycles. The molecular weight excluding hydrogens is 426 g/mol. The first-order valence-corrected chi connectivity index (χ1v) is 11.8. The second kappa shape index (κ2) is 10.1. The summed E-state index contributed by atoms with van der Waals surface area (Å²) < 4.78 is 5.34. The number of amides is 3. The van der Waals surface area contributed by atoms with Gasteiger partial charge in [0.2, 0.25) is 5.91 Å². The number of anilines is 2. The van der Waals surface area contributed by atoms with Gasteiger partial charge in [0.25, 0.3) is 11.8 Å². The molecule has 1 aliphatic heterocycles. The SMILES string of the molecule is CSCCC(NC(=O)c1ccc(C(C)(C)C)cc1)C(=O)Nc1ccc2c(c1)NC(=O)CO2. The number of ether oxygens (including phenoxy) is 1. The number of rotatable bonds is 7. The molecule has 1 aliphatic rings. The van der Waals surface area contributed by atoms with E-state index < -0.39 is 6.04 Å². The molecule has 0 bridgehead atoms. The lowest BCUT2D eigenvalue weighted by molar-refractivity contribution is -0.119. The van der Waals surface area contributed by atoms with Gasteiger partial charge < -0.3 is 20.7 Å². The highest BCUT2D eigenvalue weighted by Crippen LogP contribution is 2.30. The Balaban J connectivity index is 1.70. The molecule has 1 heterocycles. The fraction of sp³-hybridized carbons (Fsp3) is 0.375. The van der Waals surface area contributed by atoms with E-state index >= 15 is 0 Å². The predicted octanol–water partition coefficient (Wildman–Crippen LogP) is 3.81. The van der Waals surface area contributed by atoms with Crippen molar-refractivity contribution in [1.29, 1.82) is 0 Å². The van der Waals surface area contributed by atoms with Crippen molar-refractivity contribution in [2.45, 2.75) is 38.6 Å². The first-order valence-electron chi connectivity index (χ1n) is 10.5. The topological polar surface area (TPSA) is 96.5 Å². The maximum absolute atomic E-state index is 12.9. The number of thioether (sulfide) groups is 1. The Morgan fingerprint density at radius 1 is 1.16 bits per heavy atom. The van der Waals surface area contributed by atoms with Gasteiger partial charge in [-0.25, -0.2) is 0 Å². The van der Waals surface area contributed by atoms with Crippen LogP contribution in [-0.2, 0) is 15.0 Å². The second-order valence-corrected chi connectivity index (χ2v) is 9.66. The lowest BCUT2D eigenvalue weighted by atomic mass is 9.86. The van der Waals surface area contributed by atoms with Crippen LogP contribution in [0.25, 0.3) is 0 Å². The third kappa shape index (κ3) is 6.03. The van der Waals surface area contributed by atoms with Crippen LogP contribution < -0.4 is 20.7 Å². The largest absolute Gasteiger partial charge is 0.482 e. The van der Waals surface area contributed by atoms with Gasteiger partial charge in [0.1, 0.15) is 11.8 Å². The molecule has 1 unspecified atom stereocenters. The summed E-state index contributed by atoms with van der Waals surface area (Å²) in [4.78, 5) is 37.3. The van der Waals surface area contributed by atoms with E-state index in [0.29, 0.717) is 29.1 Å². The fourth-order valence-corrected chi connectivity index (χ4v) is 3.73. The van der Waals surface area contributed by atoms with Crippen LogP contribution >= 0.6 is 11.8 Å². The number of benzene rings is 2. The average molecular weight is 456 g/mol. The minimum absolute atomic E-state index is 0.00480. The summed E-state index contributed by atoms with van der Waals surface area (Å²) in [6.45, 7) is 6.31. The summed E-state index contributed by atoms with van der Waals surface area (Å²) in [6.07, 6.45) is 2.44. The lowest BCUT2D eigenvalue weighted by Gasteiger charge is -2.21. The van der Waals surface area contributed by atoms with Crippen LogP contribution in [0.3, 0.4) is 0 Å². The molecule has 1 atom stereocenters. The Hall–Kier alpha value is -3.00. The second-order valence-electron chi connectivity index (χ2n) is 8.67. The lowest BCUT2D eigenvalue weighted by Crippen LogP contribution is -2.44. The van der Waals surface area contributed by atoms with E-state index in [1.807, 2.05) is 18.4 Å².